The van der Waals surface area contributed by atoms with Crippen molar-refractivity contribution in [3.63, 3.8) is 0 Å². The van der Waals surface area contributed by atoms with E-state index in [2.05, 4.69) is 57.2 Å². The first-order chi connectivity index (χ1) is 29.3. The topological polar surface area (TPSA) is 112 Å². The van der Waals surface area contributed by atoms with Crippen molar-refractivity contribution < 1.29 is 65.3 Å². The van der Waals surface area contributed by atoms with Gasteiger partial charge in [0.05, 0.1) is 0 Å². The Bertz CT molecular complexity index is 827. The number of carbonyl (C=O) groups is 3. The van der Waals surface area contributed by atoms with Gasteiger partial charge < -0.3 is 15.3 Å². The zero-order chi connectivity index (χ0) is 44.7. The van der Waals surface area contributed by atoms with E-state index in [1.165, 1.54) is 212 Å². The number of hydrogen-bond donors (Lipinski definition) is 3. The van der Waals surface area contributed by atoms with Crippen molar-refractivity contribution >= 4 is 17.9 Å². The van der Waals surface area contributed by atoms with E-state index < -0.39 is 17.9 Å². The Hall–Kier alpha value is -1.18. The van der Waals surface area contributed by atoms with Crippen LogP contribution in [0.5, 0.6) is 0 Å². The molecule has 0 heterocycles. The van der Waals surface area contributed by atoms with Crippen molar-refractivity contribution in [2.75, 3.05) is 0 Å². The third-order valence-corrected chi connectivity index (χ3v) is 11.0. The zero-order valence-electron chi connectivity index (χ0n) is 40.8. The Kier molecular flexibility index (Phi) is 68.7. The number of carboxylic acids is 3. The average Bonchev–Trinajstić information content (AvgIpc) is 3.22. The van der Waals surface area contributed by atoms with E-state index in [1.54, 1.807) is 0 Å². The maximum atomic E-state index is 10.3. The molecule has 3 N–H and O–H groups in total. The molecule has 0 aliphatic heterocycles. The van der Waals surface area contributed by atoms with E-state index in [0.717, 1.165) is 38.5 Å². The fourth-order valence-corrected chi connectivity index (χ4v) is 7.04. The third kappa shape index (κ3) is 76.5. The first kappa shape index (κ1) is 66.4. The van der Waals surface area contributed by atoms with Crippen LogP contribution in [0, 0.1) is 35.6 Å². The molecule has 0 aromatic carbocycles. The van der Waals surface area contributed by atoms with Crippen LogP contribution in [0.15, 0.2) is 36.5 Å². The van der Waals surface area contributed by atoms with Crippen LogP contribution < -0.4 is 0 Å². The molecule has 0 aliphatic carbocycles. The summed E-state index contributed by atoms with van der Waals surface area (Å²) in [5, 5.41) is 25.5. The van der Waals surface area contributed by atoms with E-state index in [1.807, 2.05) is 0 Å². The molecule has 0 fully saturated rings. The molecule has 0 aromatic rings. The minimum Gasteiger partial charge on any atom is -0.481 e. The van der Waals surface area contributed by atoms with Gasteiger partial charge in [-0.2, -0.15) is 0 Å². The summed E-state index contributed by atoms with van der Waals surface area (Å²) < 4.78 is 0. The Morgan fingerprint density at radius 1 is 0.262 bits per heavy atom. The van der Waals surface area contributed by atoms with Gasteiger partial charge in [0, 0.05) is 54.9 Å². The molecule has 1 radical (unpaired) electrons. The monoisotopic (exact) mass is 986 g/mol. The summed E-state index contributed by atoms with van der Waals surface area (Å²) in [5.41, 5.74) is 0. The maximum absolute atomic E-state index is 10.3. The number of aliphatic carboxylic acids is 3. The molecule has 0 aromatic heterocycles. The first-order valence-electron chi connectivity index (χ1n) is 25.9. The summed E-state index contributed by atoms with van der Waals surface area (Å²) >= 11 is 0. The Morgan fingerprint density at radius 3 is 0.574 bits per heavy atom. The van der Waals surface area contributed by atoms with Gasteiger partial charge in [-0.1, -0.05) is 211 Å². The SMILES string of the molecule is CCCCCCCC/C=C\CCCCCCCC(=O)O.CCCCCCCC/C=C\CCCCCCCC(=O)O.CCCCCCCC/C=C\CCCCCCCC(=O)O.[La]. The van der Waals surface area contributed by atoms with Gasteiger partial charge in [-0.3, -0.25) is 14.4 Å². The second-order valence-corrected chi connectivity index (χ2v) is 17.2. The number of hydrogen-bond acceptors (Lipinski definition) is 3. The van der Waals surface area contributed by atoms with Crippen LogP contribution in [-0.2, 0) is 14.4 Å². The minimum atomic E-state index is -0.664. The number of allylic oxidation sites excluding steroid dienone is 6. The van der Waals surface area contributed by atoms with Gasteiger partial charge in [0.25, 0.3) is 0 Å². The Balaban J connectivity index is -0.000000396. The molecular formula is C54H102LaO6. The van der Waals surface area contributed by atoms with Crippen LogP contribution in [0.2, 0.25) is 0 Å². The molecule has 0 atom stereocenters. The van der Waals surface area contributed by atoms with Crippen molar-refractivity contribution in [2.24, 2.45) is 0 Å². The molecule has 0 saturated heterocycles. The quantitative estimate of drug-likeness (QED) is 0.0414. The van der Waals surface area contributed by atoms with Gasteiger partial charge in [0.15, 0.2) is 0 Å². The summed E-state index contributed by atoms with van der Waals surface area (Å²) in [7, 11) is 0. The minimum absolute atomic E-state index is 0. The van der Waals surface area contributed by atoms with Crippen molar-refractivity contribution in [2.45, 2.75) is 290 Å². The normalized spacial score (nSPS) is 11.1. The van der Waals surface area contributed by atoms with Gasteiger partial charge in [-0.15, -0.1) is 0 Å². The molecule has 0 bridgehead atoms. The Labute approximate surface area is 407 Å². The predicted octanol–water partition coefficient (Wildman–Crippen LogP) is 18.3. The molecule has 0 amide bonds. The Morgan fingerprint density at radius 2 is 0.410 bits per heavy atom. The molecule has 357 valence electrons. The summed E-state index contributed by atoms with van der Waals surface area (Å²) in [6.07, 6.45) is 63.7. The van der Waals surface area contributed by atoms with Crippen LogP contribution in [0.25, 0.3) is 0 Å². The van der Waals surface area contributed by atoms with Crippen LogP contribution >= 0.6 is 0 Å². The van der Waals surface area contributed by atoms with Gasteiger partial charge in [-0.25, -0.2) is 0 Å². The second-order valence-electron chi connectivity index (χ2n) is 17.2. The number of unbranched alkanes of at least 4 members (excludes halogenated alkanes) is 33. The summed E-state index contributed by atoms with van der Waals surface area (Å²) in [5.74, 6) is -1.99. The number of rotatable bonds is 45. The van der Waals surface area contributed by atoms with Gasteiger partial charge in [0.2, 0.25) is 0 Å². The molecule has 0 aliphatic rings. The first-order valence-corrected chi connectivity index (χ1v) is 25.9. The smallest absolute Gasteiger partial charge is 0.303 e. The number of carboxylic acid groups (broad SMARTS) is 3. The van der Waals surface area contributed by atoms with Gasteiger partial charge in [0.1, 0.15) is 0 Å². The summed E-state index contributed by atoms with van der Waals surface area (Å²) in [6, 6.07) is 0. The van der Waals surface area contributed by atoms with E-state index in [9.17, 15) is 14.4 Å². The predicted molar refractivity (Wildman–Crippen MR) is 261 cm³/mol. The molecule has 7 heteroatoms. The fraction of sp³-hybridized carbons (Fsp3) is 0.833. The van der Waals surface area contributed by atoms with Crippen LogP contribution in [0.4, 0.5) is 0 Å². The van der Waals surface area contributed by atoms with Crippen LogP contribution in [0.3, 0.4) is 0 Å². The fourth-order valence-electron chi connectivity index (χ4n) is 7.04. The molecule has 61 heavy (non-hydrogen) atoms. The van der Waals surface area contributed by atoms with E-state index in [0.29, 0.717) is 19.3 Å². The van der Waals surface area contributed by atoms with Crippen LogP contribution in [0.1, 0.15) is 290 Å². The van der Waals surface area contributed by atoms with Crippen molar-refractivity contribution in [1.29, 1.82) is 0 Å². The second kappa shape index (κ2) is 63.1. The molecule has 0 spiro atoms. The van der Waals surface area contributed by atoms with Gasteiger partial charge in [-0.05, 0) is 96.3 Å². The summed E-state index contributed by atoms with van der Waals surface area (Å²) in [6.45, 7) is 6.78. The van der Waals surface area contributed by atoms with Crippen molar-refractivity contribution in [1.82, 2.24) is 0 Å². The summed E-state index contributed by atoms with van der Waals surface area (Å²) in [4.78, 5) is 31.0. The molecule has 0 unspecified atom stereocenters. The molecular weight excluding hydrogens is 883 g/mol. The molecule has 0 saturated carbocycles. The van der Waals surface area contributed by atoms with Crippen LogP contribution in [-0.4, -0.2) is 33.2 Å². The van der Waals surface area contributed by atoms with E-state index >= 15 is 0 Å². The van der Waals surface area contributed by atoms with Crippen molar-refractivity contribution in [3.05, 3.63) is 36.5 Å². The third-order valence-electron chi connectivity index (χ3n) is 11.0. The molecule has 0 rings (SSSR count). The largest absolute Gasteiger partial charge is 0.481 e. The standard InChI is InChI=1S/3C18H34O2.La/c3*1-2-3-4-5-6-7-8-9-10-11-12-13-14-15-16-17-18(19)20;/h3*9-10H,2-8,11-17H2,1H3,(H,19,20);/b3*10-9-;. The molecule has 6 nitrogen and oxygen atoms in total. The van der Waals surface area contributed by atoms with E-state index in [-0.39, 0.29) is 35.6 Å². The van der Waals surface area contributed by atoms with Crippen molar-refractivity contribution in [3.8, 4) is 0 Å². The van der Waals surface area contributed by atoms with Gasteiger partial charge >= 0.3 is 17.9 Å². The van der Waals surface area contributed by atoms with E-state index in [4.69, 9.17) is 15.3 Å². The average molecular weight is 986 g/mol. The maximum Gasteiger partial charge on any atom is 0.303 e. The zero-order valence-corrected chi connectivity index (χ0v) is 44.4.